The van der Waals surface area contributed by atoms with Crippen LogP contribution in [0, 0.1) is 5.82 Å². The zero-order valence-electron chi connectivity index (χ0n) is 13.1. The van der Waals surface area contributed by atoms with Crippen molar-refractivity contribution in [1.82, 2.24) is 5.32 Å². The van der Waals surface area contributed by atoms with Gasteiger partial charge < -0.3 is 10.1 Å². The number of hydrogen-bond donors (Lipinski definition) is 1. The van der Waals surface area contributed by atoms with Crippen LogP contribution in [-0.4, -0.2) is 12.5 Å². The molecule has 0 aromatic heterocycles. The van der Waals surface area contributed by atoms with Crippen LogP contribution in [0.3, 0.4) is 0 Å². The molecule has 0 fully saturated rings. The Kier molecular flexibility index (Phi) is 6.36. The van der Waals surface area contributed by atoms with Gasteiger partial charge in [0, 0.05) is 18.2 Å². The number of rotatable bonds is 7. The second-order valence-corrected chi connectivity index (χ2v) is 5.06. The first-order valence-corrected chi connectivity index (χ1v) is 7.61. The van der Waals surface area contributed by atoms with Crippen molar-refractivity contribution in [3.63, 3.8) is 0 Å². The van der Waals surface area contributed by atoms with Crippen molar-refractivity contribution in [3.8, 4) is 5.75 Å². The molecule has 4 heteroatoms. The lowest BCUT2D eigenvalue weighted by atomic mass is 10.2. The van der Waals surface area contributed by atoms with Crippen LogP contribution in [0.5, 0.6) is 5.75 Å². The van der Waals surface area contributed by atoms with Crippen molar-refractivity contribution in [2.24, 2.45) is 0 Å². The number of nitrogens with one attached hydrogen (secondary N) is 1. The molecule has 1 N–H and O–H groups in total. The minimum absolute atomic E-state index is 0.166. The maximum Gasteiger partial charge on any atom is 0.244 e. The molecule has 0 radical (unpaired) electrons. The number of carbonyl (C=O) groups is 1. The van der Waals surface area contributed by atoms with Gasteiger partial charge in [0.2, 0.25) is 5.91 Å². The summed E-state index contributed by atoms with van der Waals surface area (Å²) in [5.41, 5.74) is 1.36. The Morgan fingerprint density at radius 3 is 2.61 bits per heavy atom. The number of amides is 1. The van der Waals surface area contributed by atoms with Crippen molar-refractivity contribution >= 4 is 12.0 Å². The third-order valence-corrected chi connectivity index (χ3v) is 3.19. The quantitative estimate of drug-likeness (QED) is 0.786. The third-order valence-electron chi connectivity index (χ3n) is 3.19. The summed E-state index contributed by atoms with van der Waals surface area (Å²) in [5, 5.41) is 2.66. The first-order chi connectivity index (χ1) is 11.2. The summed E-state index contributed by atoms with van der Waals surface area (Å²) in [5.74, 6) is 0.229. The monoisotopic (exact) mass is 313 g/mol. The third kappa shape index (κ3) is 5.58. The van der Waals surface area contributed by atoms with E-state index in [4.69, 9.17) is 4.74 Å². The molecule has 0 saturated carbocycles. The SMILES string of the molecule is CCCOc1ccc(/C=C/C(=O)NCc2ccccc2F)cc1. The Hall–Kier alpha value is -2.62. The lowest BCUT2D eigenvalue weighted by Crippen LogP contribution is -2.20. The van der Waals surface area contributed by atoms with E-state index in [1.54, 1.807) is 24.3 Å². The molecular weight excluding hydrogens is 293 g/mol. The maximum absolute atomic E-state index is 13.4. The van der Waals surface area contributed by atoms with Crippen molar-refractivity contribution in [1.29, 1.82) is 0 Å². The van der Waals surface area contributed by atoms with Crippen molar-refractivity contribution in [2.45, 2.75) is 19.9 Å². The van der Waals surface area contributed by atoms with Gasteiger partial charge in [0.05, 0.1) is 6.61 Å². The summed E-state index contributed by atoms with van der Waals surface area (Å²) < 4.78 is 18.9. The minimum Gasteiger partial charge on any atom is -0.494 e. The van der Waals surface area contributed by atoms with Crippen molar-refractivity contribution in [3.05, 3.63) is 71.6 Å². The van der Waals surface area contributed by atoms with E-state index in [0.29, 0.717) is 12.2 Å². The van der Waals surface area contributed by atoms with Gasteiger partial charge in [-0.25, -0.2) is 4.39 Å². The number of halogens is 1. The van der Waals surface area contributed by atoms with Crippen LogP contribution in [0.2, 0.25) is 0 Å². The fourth-order valence-corrected chi connectivity index (χ4v) is 1.95. The van der Waals surface area contributed by atoms with Crippen LogP contribution in [0.4, 0.5) is 4.39 Å². The van der Waals surface area contributed by atoms with E-state index in [-0.39, 0.29) is 18.3 Å². The van der Waals surface area contributed by atoms with Gasteiger partial charge in [0.25, 0.3) is 0 Å². The van der Waals surface area contributed by atoms with Crippen molar-refractivity contribution < 1.29 is 13.9 Å². The normalized spacial score (nSPS) is 10.7. The second kappa shape index (κ2) is 8.73. The molecule has 0 spiro atoms. The fraction of sp³-hybridized carbons (Fsp3) is 0.211. The molecule has 0 aliphatic heterocycles. The number of carbonyl (C=O) groups excluding carboxylic acids is 1. The van der Waals surface area contributed by atoms with E-state index in [1.165, 1.54) is 12.1 Å². The van der Waals surface area contributed by atoms with Crippen LogP contribution in [0.25, 0.3) is 6.08 Å². The molecule has 0 saturated heterocycles. The Bertz CT molecular complexity index is 665. The molecule has 0 bridgehead atoms. The van der Waals surface area contributed by atoms with E-state index in [2.05, 4.69) is 12.2 Å². The van der Waals surface area contributed by atoms with Crippen LogP contribution in [0.15, 0.2) is 54.6 Å². The van der Waals surface area contributed by atoms with Gasteiger partial charge in [-0.15, -0.1) is 0 Å². The highest BCUT2D eigenvalue weighted by atomic mass is 19.1. The molecule has 0 aliphatic rings. The molecule has 3 nitrogen and oxygen atoms in total. The molecule has 0 heterocycles. The topological polar surface area (TPSA) is 38.3 Å². The van der Waals surface area contributed by atoms with Gasteiger partial charge in [-0.05, 0) is 36.3 Å². The van der Waals surface area contributed by atoms with Crippen LogP contribution in [-0.2, 0) is 11.3 Å². The smallest absolute Gasteiger partial charge is 0.244 e. The van der Waals surface area contributed by atoms with Gasteiger partial charge in [-0.3, -0.25) is 4.79 Å². The molecule has 2 rings (SSSR count). The summed E-state index contributed by atoms with van der Waals surface area (Å²) in [4.78, 5) is 11.8. The summed E-state index contributed by atoms with van der Waals surface area (Å²) in [6.07, 6.45) is 4.10. The molecule has 2 aromatic rings. The van der Waals surface area contributed by atoms with Crippen LogP contribution >= 0.6 is 0 Å². The Morgan fingerprint density at radius 2 is 1.91 bits per heavy atom. The van der Waals surface area contributed by atoms with Gasteiger partial charge in [0.1, 0.15) is 11.6 Å². The number of hydrogen-bond acceptors (Lipinski definition) is 2. The van der Waals surface area contributed by atoms with Gasteiger partial charge in [0.15, 0.2) is 0 Å². The van der Waals surface area contributed by atoms with Gasteiger partial charge in [-0.2, -0.15) is 0 Å². The zero-order valence-corrected chi connectivity index (χ0v) is 13.1. The fourth-order valence-electron chi connectivity index (χ4n) is 1.95. The largest absolute Gasteiger partial charge is 0.494 e. The average molecular weight is 313 g/mol. The summed E-state index contributed by atoms with van der Waals surface area (Å²) in [6, 6.07) is 13.9. The summed E-state index contributed by atoms with van der Waals surface area (Å²) in [7, 11) is 0. The Morgan fingerprint density at radius 1 is 1.17 bits per heavy atom. The van der Waals surface area contributed by atoms with E-state index < -0.39 is 0 Å². The van der Waals surface area contributed by atoms with Crippen LogP contribution in [0.1, 0.15) is 24.5 Å². The number of benzene rings is 2. The predicted molar refractivity (Wildman–Crippen MR) is 89.5 cm³/mol. The summed E-state index contributed by atoms with van der Waals surface area (Å²) in [6.45, 7) is 2.91. The lowest BCUT2D eigenvalue weighted by molar-refractivity contribution is -0.116. The molecule has 0 aliphatic carbocycles. The molecule has 0 atom stereocenters. The van der Waals surface area contributed by atoms with E-state index >= 15 is 0 Å². The standard InChI is InChI=1S/C19H20FNO2/c1-2-13-23-17-10-7-15(8-11-17)9-12-19(22)21-14-16-5-3-4-6-18(16)20/h3-12H,2,13-14H2,1H3,(H,21,22)/b12-9+. The van der Waals surface area contributed by atoms with E-state index in [1.807, 2.05) is 24.3 Å². The van der Waals surface area contributed by atoms with Gasteiger partial charge in [-0.1, -0.05) is 37.3 Å². The first kappa shape index (κ1) is 16.7. The lowest BCUT2D eigenvalue weighted by Gasteiger charge is -2.04. The molecule has 2 aromatic carbocycles. The Balaban J connectivity index is 1.84. The summed E-state index contributed by atoms with van der Waals surface area (Å²) >= 11 is 0. The highest BCUT2D eigenvalue weighted by Gasteiger charge is 2.01. The highest BCUT2D eigenvalue weighted by Crippen LogP contribution is 2.13. The van der Waals surface area contributed by atoms with Crippen molar-refractivity contribution in [2.75, 3.05) is 6.61 Å². The molecular formula is C19H20FNO2. The van der Waals surface area contributed by atoms with Crippen LogP contribution < -0.4 is 10.1 Å². The predicted octanol–water partition coefficient (Wildman–Crippen LogP) is 3.94. The maximum atomic E-state index is 13.4. The molecule has 120 valence electrons. The zero-order chi connectivity index (χ0) is 16.5. The van der Waals surface area contributed by atoms with E-state index in [0.717, 1.165) is 17.7 Å². The second-order valence-electron chi connectivity index (χ2n) is 5.06. The highest BCUT2D eigenvalue weighted by molar-refractivity contribution is 5.91. The number of ether oxygens (including phenoxy) is 1. The first-order valence-electron chi connectivity index (χ1n) is 7.61. The van der Waals surface area contributed by atoms with Gasteiger partial charge >= 0.3 is 0 Å². The Labute approximate surface area is 135 Å². The van der Waals surface area contributed by atoms with E-state index in [9.17, 15) is 9.18 Å². The molecule has 23 heavy (non-hydrogen) atoms. The average Bonchev–Trinajstić information content (AvgIpc) is 2.58. The minimum atomic E-state index is -0.320. The molecule has 1 amide bonds. The molecule has 0 unspecified atom stereocenters.